The highest BCUT2D eigenvalue weighted by molar-refractivity contribution is 6.22. The van der Waals surface area contributed by atoms with Crippen LogP contribution in [-0.4, -0.2) is 0 Å². The Balaban J connectivity index is 1.35. The van der Waals surface area contributed by atoms with Gasteiger partial charge in [0.25, 0.3) is 0 Å². The van der Waals surface area contributed by atoms with Crippen LogP contribution < -0.4 is 0 Å². The molecule has 0 radical (unpaired) electrons. The molecule has 0 saturated heterocycles. The second-order valence-corrected chi connectivity index (χ2v) is 11.6. The zero-order valence-electron chi connectivity index (χ0n) is 24.6. The first-order chi connectivity index (χ1) is 22.3. The quantitative estimate of drug-likeness (QED) is 0.191. The molecule has 1 nitrogen and oxygen atoms in total. The predicted octanol–water partition coefficient (Wildman–Crippen LogP) is 12.6. The van der Waals surface area contributed by atoms with Crippen LogP contribution in [0.15, 0.2) is 174 Å². The predicted molar refractivity (Wildman–Crippen MR) is 190 cm³/mol. The van der Waals surface area contributed by atoms with Crippen molar-refractivity contribution in [3.05, 3.63) is 170 Å². The van der Waals surface area contributed by atoms with Crippen molar-refractivity contribution >= 4 is 43.5 Å². The molecule has 0 N–H and O–H groups in total. The van der Waals surface area contributed by atoms with Crippen LogP contribution in [0.1, 0.15) is 0 Å². The van der Waals surface area contributed by atoms with Gasteiger partial charge in [0.2, 0.25) is 0 Å². The van der Waals surface area contributed by atoms with E-state index in [0.717, 1.165) is 33.1 Å². The third-order valence-electron chi connectivity index (χ3n) is 9.08. The Morgan fingerprint density at radius 1 is 0.289 bits per heavy atom. The summed E-state index contributed by atoms with van der Waals surface area (Å²) in [4.78, 5) is 0. The monoisotopic (exact) mass is 572 g/mol. The van der Waals surface area contributed by atoms with Crippen molar-refractivity contribution in [2.24, 2.45) is 0 Å². The molecule has 1 heteroatoms. The van der Waals surface area contributed by atoms with Gasteiger partial charge in [-0.25, -0.2) is 0 Å². The van der Waals surface area contributed by atoms with Gasteiger partial charge in [0.05, 0.1) is 0 Å². The minimum absolute atomic E-state index is 0.914. The van der Waals surface area contributed by atoms with Crippen LogP contribution in [0.3, 0.4) is 0 Å². The molecule has 0 saturated carbocycles. The van der Waals surface area contributed by atoms with Crippen LogP contribution in [-0.2, 0) is 0 Å². The molecule has 210 valence electrons. The molecule has 1 heterocycles. The van der Waals surface area contributed by atoms with Crippen molar-refractivity contribution < 1.29 is 4.42 Å². The maximum atomic E-state index is 6.48. The lowest BCUT2D eigenvalue weighted by molar-refractivity contribution is 0.670. The van der Waals surface area contributed by atoms with E-state index in [9.17, 15) is 0 Å². The van der Waals surface area contributed by atoms with Gasteiger partial charge in [-0.1, -0.05) is 158 Å². The zero-order chi connectivity index (χ0) is 29.7. The summed E-state index contributed by atoms with van der Waals surface area (Å²) in [6.45, 7) is 0. The fourth-order valence-electron chi connectivity index (χ4n) is 7.01. The maximum absolute atomic E-state index is 6.48. The zero-order valence-corrected chi connectivity index (χ0v) is 24.6. The van der Waals surface area contributed by atoms with Gasteiger partial charge in [-0.15, -0.1) is 0 Å². The molecule has 0 amide bonds. The Kier molecular flexibility index (Phi) is 5.89. The molecule has 0 spiro atoms. The van der Waals surface area contributed by atoms with Crippen LogP contribution in [0.2, 0.25) is 0 Å². The maximum Gasteiger partial charge on any atom is 0.143 e. The molecule has 9 aromatic rings. The average molecular weight is 573 g/mol. The second kappa shape index (κ2) is 10.4. The first-order valence-corrected chi connectivity index (χ1v) is 15.4. The summed E-state index contributed by atoms with van der Waals surface area (Å²) >= 11 is 0. The summed E-state index contributed by atoms with van der Waals surface area (Å²) < 4.78 is 6.48. The van der Waals surface area contributed by atoms with Crippen LogP contribution in [0.25, 0.3) is 88.0 Å². The largest absolute Gasteiger partial charge is 0.455 e. The van der Waals surface area contributed by atoms with Gasteiger partial charge in [0.15, 0.2) is 0 Å². The Labute approximate surface area is 261 Å². The Morgan fingerprint density at radius 3 is 1.51 bits per heavy atom. The van der Waals surface area contributed by atoms with E-state index < -0.39 is 0 Å². The van der Waals surface area contributed by atoms with Crippen molar-refractivity contribution in [1.82, 2.24) is 0 Å². The van der Waals surface area contributed by atoms with E-state index >= 15 is 0 Å². The van der Waals surface area contributed by atoms with Crippen molar-refractivity contribution in [2.75, 3.05) is 0 Å². The topological polar surface area (TPSA) is 13.1 Å². The standard InChI is InChI=1S/C44H28O/c1-3-12-29(13-4-1)30-22-24-32(25-23-30)43-37-18-8-7-17-36(37)42(31-14-5-2-6-15-31)38-27-26-33(28-40(38)43)34-19-11-20-39-35-16-9-10-21-41(35)45-44(34)39/h1-28H. The van der Waals surface area contributed by atoms with Gasteiger partial charge in [0, 0.05) is 16.3 Å². The highest BCUT2D eigenvalue weighted by Gasteiger charge is 2.19. The van der Waals surface area contributed by atoms with Crippen LogP contribution in [0.5, 0.6) is 0 Å². The fourth-order valence-corrected chi connectivity index (χ4v) is 7.01. The third kappa shape index (κ3) is 4.17. The molecular formula is C44H28O. The summed E-state index contributed by atoms with van der Waals surface area (Å²) in [5.41, 5.74) is 11.5. The van der Waals surface area contributed by atoms with Gasteiger partial charge < -0.3 is 4.42 Å². The number of hydrogen-bond acceptors (Lipinski definition) is 1. The number of para-hydroxylation sites is 2. The van der Waals surface area contributed by atoms with Gasteiger partial charge >= 0.3 is 0 Å². The first-order valence-electron chi connectivity index (χ1n) is 15.4. The fraction of sp³-hybridized carbons (Fsp3) is 0. The summed E-state index contributed by atoms with van der Waals surface area (Å²) in [5, 5.41) is 7.25. The summed E-state index contributed by atoms with van der Waals surface area (Å²) in [6, 6.07) is 61.0. The Hall–Kier alpha value is -5.92. The minimum atomic E-state index is 0.914. The molecule has 45 heavy (non-hydrogen) atoms. The lowest BCUT2D eigenvalue weighted by atomic mass is 9.84. The molecule has 8 aromatic carbocycles. The highest BCUT2D eigenvalue weighted by Crippen LogP contribution is 2.46. The number of hydrogen-bond donors (Lipinski definition) is 0. The molecule has 0 bridgehead atoms. The molecule has 0 unspecified atom stereocenters. The Bertz CT molecular complexity index is 2500. The third-order valence-corrected chi connectivity index (χ3v) is 9.08. The van der Waals surface area contributed by atoms with E-state index in [1.807, 2.05) is 6.07 Å². The van der Waals surface area contributed by atoms with Crippen LogP contribution in [0, 0.1) is 0 Å². The van der Waals surface area contributed by atoms with Gasteiger partial charge in [-0.2, -0.15) is 0 Å². The molecule has 0 atom stereocenters. The smallest absolute Gasteiger partial charge is 0.143 e. The number of rotatable bonds is 4. The Morgan fingerprint density at radius 2 is 0.778 bits per heavy atom. The van der Waals surface area contributed by atoms with Crippen LogP contribution in [0.4, 0.5) is 0 Å². The molecule has 9 rings (SSSR count). The van der Waals surface area contributed by atoms with E-state index in [2.05, 4.69) is 164 Å². The molecule has 0 aliphatic heterocycles. The average Bonchev–Trinajstić information content (AvgIpc) is 3.50. The first kappa shape index (κ1) is 25.6. The summed E-state index contributed by atoms with van der Waals surface area (Å²) in [6.07, 6.45) is 0. The number of benzene rings is 8. The lowest BCUT2D eigenvalue weighted by Crippen LogP contribution is -1.92. The normalized spacial score (nSPS) is 11.6. The van der Waals surface area contributed by atoms with E-state index in [4.69, 9.17) is 4.42 Å². The summed E-state index contributed by atoms with van der Waals surface area (Å²) in [7, 11) is 0. The van der Waals surface area contributed by atoms with Gasteiger partial charge in [-0.3, -0.25) is 0 Å². The van der Waals surface area contributed by atoms with E-state index in [0.29, 0.717) is 0 Å². The molecule has 0 aliphatic rings. The number of fused-ring (bicyclic) bond motifs is 5. The van der Waals surface area contributed by atoms with Crippen molar-refractivity contribution in [3.63, 3.8) is 0 Å². The number of furan rings is 1. The van der Waals surface area contributed by atoms with E-state index in [1.165, 1.54) is 54.9 Å². The van der Waals surface area contributed by atoms with Crippen molar-refractivity contribution in [3.8, 4) is 44.5 Å². The molecule has 0 fully saturated rings. The second-order valence-electron chi connectivity index (χ2n) is 11.6. The molecule has 1 aromatic heterocycles. The SMILES string of the molecule is c1ccc(-c2ccc(-c3c4ccccc4c(-c4ccccc4)c4ccc(-c5cccc6c5oc5ccccc56)cc34)cc2)cc1. The van der Waals surface area contributed by atoms with E-state index in [-0.39, 0.29) is 0 Å². The molecule has 0 aliphatic carbocycles. The van der Waals surface area contributed by atoms with Crippen molar-refractivity contribution in [1.29, 1.82) is 0 Å². The van der Waals surface area contributed by atoms with Crippen molar-refractivity contribution in [2.45, 2.75) is 0 Å². The van der Waals surface area contributed by atoms with Crippen LogP contribution >= 0.6 is 0 Å². The van der Waals surface area contributed by atoms with Gasteiger partial charge in [-0.05, 0) is 72.6 Å². The van der Waals surface area contributed by atoms with Gasteiger partial charge in [0.1, 0.15) is 11.2 Å². The lowest BCUT2D eigenvalue weighted by Gasteiger charge is -2.19. The summed E-state index contributed by atoms with van der Waals surface area (Å²) in [5.74, 6) is 0. The highest BCUT2D eigenvalue weighted by atomic mass is 16.3. The minimum Gasteiger partial charge on any atom is -0.455 e. The van der Waals surface area contributed by atoms with E-state index in [1.54, 1.807) is 0 Å². The molecular weight excluding hydrogens is 544 g/mol.